The SMILES string of the molecule is NS(=O)(=O)N1CCCN(Cc2cc(Cl)c3c(c2)OCO3)CC1. The molecule has 1 aromatic carbocycles. The van der Waals surface area contributed by atoms with E-state index in [1.54, 1.807) is 0 Å². The van der Waals surface area contributed by atoms with Crippen molar-refractivity contribution in [1.82, 2.24) is 9.21 Å². The van der Waals surface area contributed by atoms with Crippen LogP contribution in [0, 0.1) is 0 Å². The number of ether oxygens (including phenoxy) is 2. The van der Waals surface area contributed by atoms with E-state index in [1.165, 1.54) is 4.31 Å². The predicted molar refractivity (Wildman–Crippen MR) is 82.1 cm³/mol. The molecule has 2 aliphatic rings. The van der Waals surface area contributed by atoms with Gasteiger partial charge in [-0.15, -0.1) is 0 Å². The largest absolute Gasteiger partial charge is 0.454 e. The second-order valence-corrected chi connectivity index (χ2v) is 7.34. The monoisotopic (exact) mass is 347 g/mol. The molecule has 2 heterocycles. The van der Waals surface area contributed by atoms with Gasteiger partial charge in [-0.2, -0.15) is 12.7 Å². The minimum absolute atomic E-state index is 0.186. The molecule has 0 aliphatic carbocycles. The molecule has 1 saturated heterocycles. The molecule has 0 unspecified atom stereocenters. The molecule has 0 spiro atoms. The first-order chi connectivity index (χ1) is 10.4. The molecule has 0 saturated carbocycles. The second kappa shape index (κ2) is 6.21. The Morgan fingerprint density at radius 2 is 2.00 bits per heavy atom. The summed E-state index contributed by atoms with van der Waals surface area (Å²) in [5.74, 6) is 1.24. The summed E-state index contributed by atoms with van der Waals surface area (Å²) in [5.41, 5.74) is 1.01. The number of halogens is 1. The lowest BCUT2D eigenvalue weighted by molar-refractivity contribution is 0.174. The molecule has 1 fully saturated rings. The molecular weight excluding hydrogens is 330 g/mol. The Balaban J connectivity index is 1.68. The number of benzene rings is 1. The fourth-order valence-electron chi connectivity index (χ4n) is 2.73. The van der Waals surface area contributed by atoms with Gasteiger partial charge in [-0.25, -0.2) is 5.14 Å². The normalized spacial score (nSPS) is 20.1. The molecule has 1 aromatic rings. The van der Waals surface area contributed by atoms with Gasteiger partial charge in [-0.1, -0.05) is 11.6 Å². The topological polar surface area (TPSA) is 85.1 Å². The van der Waals surface area contributed by atoms with Crippen molar-refractivity contribution in [1.29, 1.82) is 0 Å². The summed E-state index contributed by atoms with van der Waals surface area (Å²) in [4.78, 5) is 2.18. The minimum Gasteiger partial charge on any atom is -0.454 e. The van der Waals surface area contributed by atoms with Crippen LogP contribution in [0.15, 0.2) is 12.1 Å². The summed E-state index contributed by atoms with van der Waals surface area (Å²) in [5, 5.41) is 5.72. The maximum atomic E-state index is 11.4. The fourth-order valence-corrected chi connectivity index (χ4v) is 3.74. The summed E-state index contributed by atoms with van der Waals surface area (Å²) < 4.78 is 34.8. The Bertz CT molecular complexity index is 667. The Labute approximate surface area is 134 Å². The van der Waals surface area contributed by atoms with E-state index in [9.17, 15) is 8.42 Å². The van der Waals surface area contributed by atoms with E-state index in [0.29, 0.717) is 42.7 Å². The third-order valence-corrected chi connectivity index (χ3v) is 5.17. The lowest BCUT2D eigenvalue weighted by Crippen LogP contribution is -2.39. The lowest BCUT2D eigenvalue weighted by atomic mass is 10.2. The van der Waals surface area contributed by atoms with E-state index in [2.05, 4.69) is 4.90 Å². The van der Waals surface area contributed by atoms with Crippen molar-refractivity contribution in [2.24, 2.45) is 5.14 Å². The Kier molecular flexibility index (Phi) is 4.47. The summed E-state index contributed by atoms with van der Waals surface area (Å²) in [7, 11) is -3.61. The molecule has 2 aliphatic heterocycles. The zero-order valence-electron chi connectivity index (χ0n) is 12.0. The predicted octanol–water partition coefficient (Wildman–Crippen LogP) is 0.780. The molecule has 0 bridgehead atoms. The maximum absolute atomic E-state index is 11.4. The Hall–Kier alpha value is -1.06. The van der Waals surface area contributed by atoms with Crippen LogP contribution in [-0.4, -0.2) is 50.6 Å². The van der Waals surface area contributed by atoms with Crippen molar-refractivity contribution in [3.05, 3.63) is 22.7 Å². The van der Waals surface area contributed by atoms with Crippen LogP contribution in [0.5, 0.6) is 11.5 Å². The van der Waals surface area contributed by atoms with Crippen molar-refractivity contribution >= 4 is 21.8 Å². The first-order valence-electron chi connectivity index (χ1n) is 7.02. The smallest absolute Gasteiger partial charge is 0.276 e. The molecule has 3 rings (SSSR count). The minimum atomic E-state index is -3.61. The van der Waals surface area contributed by atoms with Crippen LogP contribution >= 0.6 is 11.6 Å². The van der Waals surface area contributed by atoms with Crippen LogP contribution in [0.25, 0.3) is 0 Å². The van der Waals surface area contributed by atoms with Crippen LogP contribution in [0.4, 0.5) is 0 Å². The van der Waals surface area contributed by atoms with Crippen LogP contribution < -0.4 is 14.6 Å². The van der Waals surface area contributed by atoms with Gasteiger partial charge < -0.3 is 9.47 Å². The van der Waals surface area contributed by atoms with E-state index >= 15 is 0 Å². The third-order valence-electron chi connectivity index (χ3n) is 3.80. The molecule has 0 amide bonds. The molecule has 0 aromatic heterocycles. The van der Waals surface area contributed by atoms with E-state index < -0.39 is 10.2 Å². The average molecular weight is 348 g/mol. The van der Waals surface area contributed by atoms with Crippen molar-refractivity contribution in [3.8, 4) is 11.5 Å². The van der Waals surface area contributed by atoms with Crippen molar-refractivity contribution in [2.75, 3.05) is 33.0 Å². The fraction of sp³-hybridized carbons (Fsp3) is 0.538. The van der Waals surface area contributed by atoms with Crippen molar-refractivity contribution in [3.63, 3.8) is 0 Å². The molecular formula is C13H18ClN3O4S. The van der Waals surface area contributed by atoms with E-state index in [4.69, 9.17) is 26.2 Å². The van der Waals surface area contributed by atoms with Crippen LogP contribution in [0.3, 0.4) is 0 Å². The molecule has 122 valence electrons. The maximum Gasteiger partial charge on any atom is 0.276 e. The van der Waals surface area contributed by atoms with E-state index in [0.717, 1.165) is 18.5 Å². The number of hydrogen-bond donors (Lipinski definition) is 1. The number of nitrogens with zero attached hydrogens (tertiary/aromatic N) is 2. The van der Waals surface area contributed by atoms with Crippen LogP contribution in [0.2, 0.25) is 5.02 Å². The third kappa shape index (κ3) is 3.47. The summed E-state index contributed by atoms with van der Waals surface area (Å²) in [6.45, 7) is 3.15. The zero-order valence-corrected chi connectivity index (χ0v) is 13.6. The standard InChI is InChI=1S/C13H18ClN3O4S/c14-11-6-10(7-12-13(11)21-9-20-12)8-16-2-1-3-17(5-4-16)22(15,18)19/h6-7H,1-5,8-9H2,(H2,15,18,19). The number of rotatable bonds is 3. The van der Waals surface area contributed by atoms with Gasteiger partial charge in [-0.3, -0.25) is 4.90 Å². The van der Waals surface area contributed by atoms with E-state index in [1.807, 2.05) is 12.1 Å². The van der Waals surface area contributed by atoms with Crippen molar-refractivity contribution in [2.45, 2.75) is 13.0 Å². The van der Waals surface area contributed by atoms with E-state index in [-0.39, 0.29) is 6.79 Å². The van der Waals surface area contributed by atoms with Gasteiger partial charge in [0.05, 0.1) is 5.02 Å². The summed E-state index contributed by atoms with van der Waals surface area (Å²) in [6, 6.07) is 3.77. The van der Waals surface area contributed by atoms with Crippen molar-refractivity contribution < 1.29 is 17.9 Å². The molecule has 0 atom stereocenters. The molecule has 22 heavy (non-hydrogen) atoms. The Morgan fingerprint density at radius 1 is 1.18 bits per heavy atom. The van der Waals surface area contributed by atoms with Gasteiger partial charge in [0.2, 0.25) is 6.79 Å². The van der Waals surface area contributed by atoms with Gasteiger partial charge in [-0.05, 0) is 30.7 Å². The van der Waals surface area contributed by atoms with Gasteiger partial charge in [0.25, 0.3) is 10.2 Å². The van der Waals surface area contributed by atoms with Crippen LogP contribution in [0.1, 0.15) is 12.0 Å². The average Bonchev–Trinajstić information content (AvgIpc) is 2.77. The molecule has 0 radical (unpaired) electrons. The zero-order chi connectivity index (χ0) is 15.7. The van der Waals surface area contributed by atoms with Gasteiger partial charge in [0.15, 0.2) is 11.5 Å². The highest BCUT2D eigenvalue weighted by molar-refractivity contribution is 7.86. The number of nitrogens with two attached hydrogens (primary N) is 1. The first-order valence-corrected chi connectivity index (χ1v) is 8.90. The highest BCUT2D eigenvalue weighted by Gasteiger charge is 2.23. The number of hydrogen-bond acceptors (Lipinski definition) is 5. The van der Waals surface area contributed by atoms with Gasteiger partial charge in [0, 0.05) is 26.2 Å². The molecule has 2 N–H and O–H groups in total. The van der Waals surface area contributed by atoms with Gasteiger partial charge >= 0.3 is 0 Å². The lowest BCUT2D eigenvalue weighted by Gasteiger charge is -2.20. The van der Waals surface area contributed by atoms with Gasteiger partial charge in [0.1, 0.15) is 0 Å². The van der Waals surface area contributed by atoms with Crippen LogP contribution in [-0.2, 0) is 16.8 Å². The molecule has 7 nitrogen and oxygen atoms in total. The highest BCUT2D eigenvalue weighted by atomic mass is 35.5. The Morgan fingerprint density at radius 3 is 2.77 bits per heavy atom. The summed E-state index contributed by atoms with van der Waals surface area (Å²) in [6.07, 6.45) is 0.745. The summed E-state index contributed by atoms with van der Waals surface area (Å²) >= 11 is 6.18. The highest BCUT2D eigenvalue weighted by Crippen LogP contribution is 2.40. The molecule has 9 heteroatoms. The number of fused-ring (bicyclic) bond motifs is 1. The quantitative estimate of drug-likeness (QED) is 0.873. The first kappa shape index (κ1) is 15.8. The second-order valence-electron chi connectivity index (χ2n) is 5.39.